The molecular formula is C17H30N4O5. The van der Waals surface area contributed by atoms with Crippen molar-refractivity contribution in [3.8, 4) is 0 Å². The fourth-order valence-electron chi connectivity index (χ4n) is 2.60. The van der Waals surface area contributed by atoms with Gasteiger partial charge in [0.1, 0.15) is 0 Å². The second-order valence-corrected chi connectivity index (χ2v) is 7.08. The Bertz CT molecular complexity index is 535. The Morgan fingerprint density at radius 3 is 2.46 bits per heavy atom. The molecule has 0 spiro atoms. The lowest BCUT2D eigenvalue weighted by molar-refractivity contribution is -0.139. The molecule has 0 radical (unpaired) electrons. The summed E-state index contributed by atoms with van der Waals surface area (Å²) in [6.45, 7) is 6.27. The van der Waals surface area contributed by atoms with Gasteiger partial charge >= 0.3 is 0 Å². The van der Waals surface area contributed by atoms with Crippen LogP contribution >= 0.6 is 0 Å². The quantitative estimate of drug-likeness (QED) is 0.261. The highest BCUT2D eigenvalue weighted by atomic mass is 16.5. The van der Waals surface area contributed by atoms with Gasteiger partial charge in [0.2, 0.25) is 23.6 Å². The van der Waals surface area contributed by atoms with Crippen LogP contribution in [0.5, 0.6) is 0 Å². The fourth-order valence-corrected chi connectivity index (χ4v) is 2.60. The maximum Gasteiger partial charge on any atom is 0.236 e. The second kappa shape index (κ2) is 10.2. The van der Waals surface area contributed by atoms with E-state index in [1.807, 2.05) is 13.8 Å². The lowest BCUT2D eigenvalue weighted by atomic mass is 10.0. The van der Waals surface area contributed by atoms with Gasteiger partial charge in [0, 0.05) is 44.5 Å². The molecule has 0 aromatic heterocycles. The highest BCUT2D eigenvalue weighted by molar-refractivity contribution is 6.03. The van der Waals surface area contributed by atoms with Crippen LogP contribution in [0.2, 0.25) is 0 Å². The van der Waals surface area contributed by atoms with E-state index in [1.165, 1.54) is 0 Å². The van der Waals surface area contributed by atoms with Crippen LogP contribution in [0.1, 0.15) is 46.5 Å². The minimum absolute atomic E-state index is 0.0820. The molecule has 9 nitrogen and oxygen atoms in total. The first-order chi connectivity index (χ1) is 12.2. The number of nitrogens with zero attached hydrogens (tertiary/aromatic N) is 1. The maximum absolute atomic E-state index is 12.1. The number of hydrogen-bond acceptors (Lipinski definition) is 6. The molecule has 9 heteroatoms. The summed E-state index contributed by atoms with van der Waals surface area (Å²) in [6.07, 6.45) is 1.13. The molecule has 3 N–H and O–H groups in total. The number of carbonyl (C=O) groups excluding carboxylic acids is 4. The molecule has 1 aliphatic heterocycles. The number of rotatable bonds is 11. The van der Waals surface area contributed by atoms with E-state index < -0.39 is 5.54 Å². The molecule has 0 aliphatic carbocycles. The average molecular weight is 370 g/mol. The van der Waals surface area contributed by atoms with E-state index in [0.29, 0.717) is 19.6 Å². The van der Waals surface area contributed by atoms with E-state index in [9.17, 15) is 19.2 Å². The van der Waals surface area contributed by atoms with Crippen molar-refractivity contribution < 1.29 is 23.9 Å². The van der Waals surface area contributed by atoms with Crippen LogP contribution < -0.4 is 16.2 Å². The third kappa shape index (κ3) is 7.49. The SMILES string of the molecule is CNNC(=O)CCOCCC(C)(C)NC(=O)CCN1C(=O)CC(C)C1=O. The van der Waals surface area contributed by atoms with E-state index in [2.05, 4.69) is 16.2 Å². The van der Waals surface area contributed by atoms with E-state index in [4.69, 9.17) is 4.74 Å². The van der Waals surface area contributed by atoms with Crippen LogP contribution in [-0.4, -0.2) is 60.9 Å². The summed E-state index contributed by atoms with van der Waals surface area (Å²) in [5.74, 6) is -1.10. The molecule has 0 bridgehead atoms. The summed E-state index contributed by atoms with van der Waals surface area (Å²) < 4.78 is 5.41. The number of likely N-dealkylation sites (tertiary alicyclic amines) is 1. The molecule has 1 saturated heterocycles. The van der Waals surface area contributed by atoms with Crippen molar-refractivity contribution in [1.82, 2.24) is 21.1 Å². The van der Waals surface area contributed by atoms with Crippen molar-refractivity contribution in [1.29, 1.82) is 0 Å². The summed E-state index contributed by atoms with van der Waals surface area (Å²) >= 11 is 0. The topological polar surface area (TPSA) is 117 Å². The Kier molecular flexibility index (Phi) is 8.67. The zero-order valence-electron chi connectivity index (χ0n) is 16.0. The lowest BCUT2D eigenvalue weighted by Crippen LogP contribution is -2.45. The molecule has 4 amide bonds. The van der Waals surface area contributed by atoms with Gasteiger partial charge in [-0.3, -0.25) is 29.5 Å². The molecule has 1 unspecified atom stereocenters. The predicted molar refractivity (Wildman–Crippen MR) is 94.6 cm³/mol. The Labute approximate surface area is 154 Å². The van der Waals surface area contributed by atoms with Gasteiger partial charge in [-0.05, 0) is 20.3 Å². The van der Waals surface area contributed by atoms with E-state index in [1.54, 1.807) is 14.0 Å². The summed E-state index contributed by atoms with van der Waals surface area (Å²) in [4.78, 5) is 48.0. The molecule has 1 rings (SSSR count). The lowest BCUT2D eigenvalue weighted by Gasteiger charge is -2.26. The normalized spacial score (nSPS) is 17.5. The molecule has 1 aliphatic rings. The molecule has 0 aromatic carbocycles. The first kappa shape index (κ1) is 22.0. The van der Waals surface area contributed by atoms with Crippen LogP contribution in [0.4, 0.5) is 0 Å². The van der Waals surface area contributed by atoms with Crippen molar-refractivity contribution in [3.05, 3.63) is 0 Å². The minimum Gasteiger partial charge on any atom is -0.381 e. The van der Waals surface area contributed by atoms with Crippen molar-refractivity contribution >= 4 is 23.6 Å². The van der Waals surface area contributed by atoms with Crippen molar-refractivity contribution in [2.75, 3.05) is 26.8 Å². The standard InChI is InChI=1S/C17H30N4O5/c1-12-11-15(24)21(16(12)25)8-5-13(22)19-17(2,3)7-10-26-9-6-14(23)20-18-4/h12,18H,5-11H2,1-4H3,(H,19,22)(H,20,23). The summed E-state index contributed by atoms with van der Waals surface area (Å²) in [5.41, 5.74) is 4.50. The van der Waals surface area contributed by atoms with E-state index in [-0.39, 0.29) is 55.4 Å². The monoisotopic (exact) mass is 370 g/mol. The van der Waals surface area contributed by atoms with Crippen molar-refractivity contribution in [3.63, 3.8) is 0 Å². The molecule has 0 aromatic rings. The van der Waals surface area contributed by atoms with Crippen LogP contribution in [0, 0.1) is 5.92 Å². The number of imide groups is 1. The Balaban J connectivity index is 2.24. The third-order valence-electron chi connectivity index (χ3n) is 4.12. The predicted octanol–water partition coefficient (Wildman–Crippen LogP) is -0.286. The largest absolute Gasteiger partial charge is 0.381 e. The van der Waals surface area contributed by atoms with E-state index >= 15 is 0 Å². The van der Waals surface area contributed by atoms with Crippen molar-refractivity contribution in [2.24, 2.45) is 5.92 Å². The number of hydrazine groups is 1. The fraction of sp³-hybridized carbons (Fsp3) is 0.765. The Morgan fingerprint density at radius 1 is 1.19 bits per heavy atom. The van der Waals surface area contributed by atoms with Crippen LogP contribution in [0.25, 0.3) is 0 Å². The molecule has 1 heterocycles. The van der Waals surface area contributed by atoms with Crippen LogP contribution in [-0.2, 0) is 23.9 Å². The molecular weight excluding hydrogens is 340 g/mol. The smallest absolute Gasteiger partial charge is 0.236 e. The van der Waals surface area contributed by atoms with Gasteiger partial charge in [-0.2, -0.15) is 0 Å². The number of nitrogens with one attached hydrogen (secondary N) is 3. The van der Waals surface area contributed by atoms with Gasteiger partial charge in [-0.25, -0.2) is 5.43 Å². The second-order valence-electron chi connectivity index (χ2n) is 7.08. The molecule has 26 heavy (non-hydrogen) atoms. The highest BCUT2D eigenvalue weighted by Gasteiger charge is 2.35. The Morgan fingerprint density at radius 2 is 1.88 bits per heavy atom. The molecule has 148 valence electrons. The summed E-state index contributed by atoms with van der Waals surface area (Å²) in [7, 11) is 1.61. The highest BCUT2D eigenvalue weighted by Crippen LogP contribution is 2.19. The van der Waals surface area contributed by atoms with Crippen molar-refractivity contribution in [2.45, 2.75) is 52.0 Å². The van der Waals surface area contributed by atoms with Crippen LogP contribution in [0.3, 0.4) is 0 Å². The van der Waals surface area contributed by atoms with Gasteiger partial charge < -0.3 is 10.1 Å². The first-order valence-electron chi connectivity index (χ1n) is 8.85. The van der Waals surface area contributed by atoms with Gasteiger partial charge in [-0.15, -0.1) is 0 Å². The molecule has 0 saturated carbocycles. The average Bonchev–Trinajstić information content (AvgIpc) is 2.77. The number of hydrogen-bond donors (Lipinski definition) is 3. The van der Waals surface area contributed by atoms with E-state index in [0.717, 1.165) is 4.90 Å². The first-order valence-corrected chi connectivity index (χ1v) is 8.85. The summed E-state index contributed by atoms with van der Waals surface area (Å²) in [5, 5.41) is 2.88. The zero-order chi connectivity index (χ0) is 19.7. The van der Waals surface area contributed by atoms with Gasteiger partial charge in [-0.1, -0.05) is 6.92 Å². The molecule has 1 atom stereocenters. The number of amides is 4. The van der Waals surface area contributed by atoms with Gasteiger partial charge in [0.15, 0.2) is 0 Å². The zero-order valence-corrected chi connectivity index (χ0v) is 16.0. The molecule has 1 fully saturated rings. The third-order valence-corrected chi connectivity index (χ3v) is 4.12. The maximum atomic E-state index is 12.1. The number of ether oxygens (including phenoxy) is 1. The minimum atomic E-state index is -0.489. The van der Waals surface area contributed by atoms with Gasteiger partial charge in [0.05, 0.1) is 13.0 Å². The van der Waals surface area contributed by atoms with Gasteiger partial charge in [0.25, 0.3) is 0 Å². The number of carbonyl (C=O) groups is 4. The summed E-state index contributed by atoms with van der Waals surface area (Å²) in [6, 6.07) is 0. The van der Waals surface area contributed by atoms with Crippen LogP contribution in [0.15, 0.2) is 0 Å². The Hall–Kier alpha value is -2.00.